The summed E-state index contributed by atoms with van der Waals surface area (Å²) in [5.74, 6) is -1.93. The molecule has 1 heterocycles. The Balaban J connectivity index is 0.00000312. The Morgan fingerprint density at radius 2 is 1.76 bits per heavy atom. The quantitative estimate of drug-likeness (QED) is 0.209. The van der Waals surface area contributed by atoms with Crippen LogP contribution in [0.4, 0.5) is 5.69 Å². The van der Waals surface area contributed by atoms with Crippen molar-refractivity contribution in [2.45, 2.75) is 46.0 Å². The predicted octanol–water partition coefficient (Wildman–Crippen LogP) is -0.201. The van der Waals surface area contributed by atoms with E-state index in [0.717, 1.165) is 25.7 Å². The van der Waals surface area contributed by atoms with Crippen LogP contribution in [-0.4, -0.2) is 24.8 Å². The number of nitrogens with zero attached hydrogens (tertiary/aromatic N) is 1. The number of hydrogen-bond acceptors (Lipinski definition) is 4. The van der Waals surface area contributed by atoms with E-state index in [4.69, 9.17) is 4.74 Å². The number of carbonyl (C=O) groups is 2. The molecule has 0 aromatic heterocycles. The number of rotatable bonds is 8. The van der Waals surface area contributed by atoms with E-state index in [-0.39, 0.29) is 63.6 Å². The molecule has 0 bridgehead atoms. The smallest absolute Gasteiger partial charge is 0.613 e. The molecule has 0 unspecified atom stereocenters. The molecule has 130 valence electrons. The van der Waals surface area contributed by atoms with Crippen molar-refractivity contribution in [1.82, 2.24) is 0 Å². The Bertz CT molecular complexity index is 642. The molecule has 5 nitrogen and oxygen atoms in total. The van der Waals surface area contributed by atoms with Crippen LogP contribution in [0.2, 0.25) is 0 Å². The number of Topliss-reactive ketones (excluding diaryl/α,β-unsaturated/α-hetero) is 1. The maximum atomic E-state index is 12.7. The first kappa shape index (κ1) is 22.4. The first-order valence-electron chi connectivity index (χ1n) is 8.61. The van der Waals surface area contributed by atoms with Gasteiger partial charge in [0.1, 0.15) is 5.57 Å². The molecule has 0 N–H and O–H groups in total. The van der Waals surface area contributed by atoms with Gasteiger partial charge in [-0.3, -0.25) is 9.59 Å². The summed E-state index contributed by atoms with van der Waals surface area (Å²) in [4.78, 5) is 26.8. The molecular formula is C19H24KNO4. The van der Waals surface area contributed by atoms with Crippen molar-refractivity contribution in [2.24, 2.45) is 0 Å². The third-order valence-corrected chi connectivity index (χ3v) is 4.09. The minimum Gasteiger partial charge on any atom is -0.613 e. The van der Waals surface area contributed by atoms with Gasteiger partial charge < -0.3 is 14.7 Å². The number of fused-ring (bicyclic) bond motifs is 1. The van der Waals surface area contributed by atoms with Crippen molar-refractivity contribution in [2.75, 3.05) is 18.1 Å². The summed E-state index contributed by atoms with van der Waals surface area (Å²) in [7, 11) is 0. The summed E-state index contributed by atoms with van der Waals surface area (Å²) >= 11 is 0. The molecule has 1 aromatic rings. The molecule has 1 amide bonds. The van der Waals surface area contributed by atoms with Crippen molar-refractivity contribution in [1.29, 1.82) is 0 Å². The monoisotopic (exact) mass is 369 g/mol. The predicted molar refractivity (Wildman–Crippen MR) is 90.5 cm³/mol. The molecular weight excluding hydrogens is 345 g/mol. The number of ether oxygens (including phenoxy) is 1. The van der Waals surface area contributed by atoms with Crippen LogP contribution in [0.3, 0.4) is 0 Å². The molecule has 0 saturated carbocycles. The second-order valence-electron chi connectivity index (χ2n) is 5.81. The number of hydrogen-bond donors (Lipinski definition) is 0. The fourth-order valence-corrected chi connectivity index (χ4v) is 2.86. The number of para-hydroxylation sites is 1. The molecule has 0 aliphatic carbocycles. The minimum atomic E-state index is -0.835. The maximum Gasteiger partial charge on any atom is 1.00 e. The van der Waals surface area contributed by atoms with Crippen molar-refractivity contribution in [3.63, 3.8) is 0 Å². The molecule has 2 rings (SSSR count). The van der Waals surface area contributed by atoms with Crippen molar-refractivity contribution >= 4 is 17.4 Å². The van der Waals surface area contributed by atoms with Gasteiger partial charge in [0.05, 0.1) is 11.6 Å². The van der Waals surface area contributed by atoms with Crippen molar-refractivity contribution in [3.8, 4) is 0 Å². The summed E-state index contributed by atoms with van der Waals surface area (Å²) in [6.07, 6.45) is 5.30. The molecule has 0 fully saturated rings. The van der Waals surface area contributed by atoms with Gasteiger partial charge in [0.2, 0.25) is 5.78 Å². The average molecular weight is 370 g/mol. The van der Waals surface area contributed by atoms with E-state index in [9.17, 15) is 14.7 Å². The van der Waals surface area contributed by atoms with Crippen LogP contribution in [0.15, 0.2) is 35.8 Å². The van der Waals surface area contributed by atoms with E-state index in [1.54, 1.807) is 31.2 Å². The van der Waals surface area contributed by atoms with Crippen LogP contribution >= 0.6 is 0 Å². The molecule has 0 spiro atoms. The number of carbonyl (C=O) groups excluding carboxylic acids is 2. The van der Waals surface area contributed by atoms with Gasteiger partial charge in [-0.1, -0.05) is 51.7 Å². The molecule has 25 heavy (non-hydrogen) atoms. The zero-order valence-corrected chi connectivity index (χ0v) is 18.5. The molecule has 1 aliphatic heterocycles. The van der Waals surface area contributed by atoms with Crippen LogP contribution < -0.4 is 61.4 Å². The zero-order chi connectivity index (χ0) is 17.5. The molecule has 0 radical (unpaired) electrons. The molecule has 1 aliphatic rings. The number of unbranched alkanes of at least 4 members (excludes halogenated alkanes) is 4. The molecule has 6 heteroatoms. The number of amides is 1. The third kappa shape index (κ3) is 5.40. The van der Waals surface area contributed by atoms with E-state index >= 15 is 0 Å². The van der Waals surface area contributed by atoms with Gasteiger partial charge in [-0.05, 0) is 25.2 Å². The normalized spacial score (nSPS) is 15.5. The average Bonchev–Trinajstić information content (AvgIpc) is 2.57. The Morgan fingerprint density at radius 3 is 2.44 bits per heavy atom. The molecule has 1 aromatic carbocycles. The van der Waals surface area contributed by atoms with E-state index in [2.05, 4.69) is 6.92 Å². The summed E-state index contributed by atoms with van der Waals surface area (Å²) in [5.41, 5.74) is 0.578. The van der Waals surface area contributed by atoms with E-state index in [1.807, 2.05) is 0 Å². The van der Waals surface area contributed by atoms with E-state index < -0.39 is 17.6 Å². The van der Waals surface area contributed by atoms with Gasteiger partial charge in [-0.15, -0.1) is 0 Å². The number of anilines is 1. The second-order valence-corrected chi connectivity index (χ2v) is 5.81. The number of ketones is 1. The van der Waals surface area contributed by atoms with Gasteiger partial charge in [0, 0.05) is 12.1 Å². The maximum absolute atomic E-state index is 12.7. The minimum absolute atomic E-state index is 0. The first-order chi connectivity index (χ1) is 11.6. The summed E-state index contributed by atoms with van der Waals surface area (Å²) in [6.45, 7) is 4.42. The zero-order valence-electron chi connectivity index (χ0n) is 15.3. The SMILES string of the molecule is CCCCCCCN1C(=O)/C(=C(\[O-])OCC)C(=O)c2ccccc21.[K+]. The standard InChI is InChI=1S/C19H25NO4.K/c1-3-5-6-7-10-13-20-15-12-9-8-11-14(15)17(21)16(18(20)22)19(23)24-4-2;/h8-9,11-12,23H,3-7,10,13H2,1-2H3;/q;+1/p-1/b19-16+;. The van der Waals surface area contributed by atoms with Crippen molar-refractivity contribution < 1.29 is 70.8 Å². The molecule has 0 saturated heterocycles. The van der Waals surface area contributed by atoms with Crippen molar-refractivity contribution in [3.05, 3.63) is 41.3 Å². The number of benzene rings is 1. The Morgan fingerprint density at radius 1 is 1.08 bits per heavy atom. The van der Waals surface area contributed by atoms with Crippen LogP contribution in [0.5, 0.6) is 0 Å². The summed E-state index contributed by atoms with van der Waals surface area (Å²) in [5, 5.41) is 12.1. The second kappa shape index (κ2) is 11.1. The fraction of sp³-hybridized carbons (Fsp3) is 0.474. The van der Waals surface area contributed by atoms with Gasteiger partial charge in [0.25, 0.3) is 5.91 Å². The topological polar surface area (TPSA) is 69.7 Å². The van der Waals surface area contributed by atoms with E-state index in [1.165, 1.54) is 11.3 Å². The van der Waals surface area contributed by atoms with Crippen LogP contribution in [0, 0.1) is 0 Å². The largest absolute Gasteiger partial charge is 1.00 e. The van der Waals surface area contributed by atoms with Gasteiger partial charge in [0.15, 0.2) is 0 Å². The Hall–Kier alpha value is -0.664. The summed E-state index contributed by atoms with van der Waals surface area (Å²) < 4.78 is 4.90. The first-order valence-corrected chi connectivity index (χ1v) is 8.61. The van der Waals surface area contributed by atoms with Gasteiger partial charge >= 0.3 is 51.4 Å². The van der Waals surface area contributed by atoms with E-state index in [0.29, 0.717) is 17.8 Å². The Labute approximate surface area is 191 Å². The summed E-state index contributed by atoms with van der Waals surface area (Å²) in [6, 6.07) is 6.92. The van der Waals surface area contributed by atoms with Crippen LogP contribution in [0.25, 0.3) is 0 Å². The van der Waals surface area contributed by atoms with Gasteiger partial charge in [-0.25, -0.2) is 0 Å². The van der Waals surface area contributed by atoms with Crippen LogP contribution in [0.1, 0.15) is 56.3 Å². The van der Waals surface area contributed by atoms with Crippen LogP contribution in [-0.2, 0) is 9.53 Å². The third-order valence-electron chi connectivity index (χ3n) is 4.09. The molecule has 0 atom stereocenters. The Kier molecular flexibility index (Phi) is 9.97. The fourth-order valence-electron chi connectivity index (χ4n) is 2.86. The van der Waals surface area contributed by atoms with Gasteiger partial charge in [-0.2, -0.15) is 0 Å².